The summed E-state index contributed by atoms with van der Waals surface area (Å²) in [6.45, 7) is 8.98. The molecule has 12 aliphatic rings. The van der Waals surface area contributed by atoms with Gasteiger partial charge in [-0.15, -0.1) is 0 Å². The van der Waals surface area contributed by atoms with Gasteiger partial charge in [-0.3, -0.25) is 52.7 Å². The number of pyridine rings is 4. The van der Waals surface area contributed by atoms with Crippen LogP contribution in [0.5, 0.6) is 23.0 Å². The molecule has 8 saturated heterocycles. The summed E-state index contributed by atoms with van der Waals surface area (Å²) in [6.07, 6.45) is 19.2. The molecule has 0 unspecified atom stereocenters. The standard InChI is InChI=1S/C29H26F3N3O4.C23H24N2O5.2C22H20F3N3O4.C8H8F3N/c1-16(23-21(31)11-18(30)12-22(23)32)33-27(37)20-13-34-15-29-9-7-19(8-10-29)35(29)28(38)24(34)26(25(20)36)39-14-17-5-3-2-4-6-17;1-2-29-22(28)17-12-24-14-23-10-8-16(9-11-23)25(23)21(27)18(24)20(19(17)26)30-13-15-6-4-3-5-7-15;2*1-10(16-14(24)6-11(23)7-15(16)25)26-20(31)13-8-27-9-22-4-2-12(3-5-22)28(22)21(32)17(27)19(30)18(13)29;1-4(12)8-6(10)2-5(9)3-7(8)11/h2-6,11-13,16,19H,7-10,14-15H2,1H3,(H,33,37);3-7,12,16H,2,8-11,13-14H2,1H3;2*6-8,10,12,30H,2-5,9H2,1H3,(H,26,31);2-4H,12H2,1H3/t16-,19?,29?;;2*10-,12?,22?;4-/m1.111/s1. The van der Waals surface area contributed by atoms with Crippen LogP contribution in [0, 0.1) is 69.8 Å². The Kier molecular flexibility index (Phi) is 26.8. The predicted molar refractivity (Wildman–Crippen MR) is 494 cm³/mol. The lowest BCUT2D eigenvalue weighted by Crippen LogP contribution is -2.53. The van der Waals surface area contributed by atoms with Gasteiger partial charge in [0.25, 0.3) is 41.4 Å². The summed E-state index contributed by atoms with van der Waals surface area (Å²) < 4.78 is 186. The Labute approximate surface area is 818 Å². The molecule has 4 aromatic heterocycles. The fourth-order valence-electron chi connectivity index (χ4n) is 23.8. The van der Waals surface area contributed by atoms with E-state index in [2.05, 4.69) is 16.0 Å². The first-order valence-corrected chi connectivity index (χ1v) is 47.6. The minimum atomic E-state index is -1.23. The van der Waals surface area contributed by atoms with Crippen molar-refractivity contribution in [3.05, 3.63) is 323 Å². The Morgan fingerprint density at radius 1 is 0.366 bits per heavy atom. The largest absolute Gasteiger partial charge is 0.503 e. The molecule has 8 bridgehead atoms. The normalized spacial score (nSPS) is 22.6. The van der Waals surface area contributed by atoms with E-state index in [0.29, 0.717) is 74.7 Å². The van der Waals surface area contributed by atoms with Crippen LogP contribution in [-0.4, -0.2) is 148 Å². The maximum Gasteiger partial charge on any atom is 0.343 e. The van der Waals surface area contributed by atoms with Gasteiger partial charge in [-0.25, -0.2) is 57.5 Å². The first-order valence-electron chi connectivity index (χ1n) is 47.6. The van der Waals surface area contributed by atoms with E-state index in [9.17, 15) is 120 Å². The average Bonchev–Trinajstić information content (AvgIpc) is 1.57. The Morgan fingerprint density at radius 2 is 0.607 bits per heavy atom. The molecule has 8 fully saturated rings. The Bertz CT molecular complexity index is 6990. The van der Waals surface area contributed by atoms with Gasteiger partial charge in [0.15, 0.2) is 45.8 Å². The molecule has 0 saturated carbocycles. The Hall–Kier alpha value is -14.8. The highest BCUT2D eigenvalue weighted by Gasteiger charge is 2.62. The number of fused-ring (bicyclic) bond motifs is 4. The summed E-state index contributed by atoms with van der Waals surface area (Å²) >= 11 is 0. The minimum Gasteiger partial charge on any atom is -0.503 e. The lowest BCUT2D eigenvalue weighted by Gasteiger charge is -2.41. The van der Waals surface area contributed by atoms with Gasteiger partial charge >= 0.3 is 5.97 Å². The molecule has 760 valence electrons. The number of amides is 7. The number of benzene rings is 6. The predicted octanol–water partition coefficient (Wildman–Crippen LogP) is 14.6. The van der Waals surface area contributed by atoms with Crippen LogP contribution in [0.2, 0.25) is 0 Å². The number of aromatic nitrogens is 4. The number of halogens is 12. The number of esters is 1. The number of hydrogen-bond acceptors (Lipinski definition) is 18. The molecule has 10 aromatic rings. The smallest absolute Gasteiger partial charge is 0.343 e. The number of hydrogen-bond donors (Lipinski definition) is 6. The second kappa shape index (κ2) is 38.7. The first kappa shape index (κ1) is 100. The minimum absolute atomic E-state index is 0.00158. The molecule has 0 aliphatic carbocycles. The second-order valence-electron chi connectivity index (χ2n) is 39.0. The van der Waals surface area contributed by atoms with Gasteiger partial charge in [-0.2, -0.15) is 0 Å². The van der Waals surface area contributed by atoms with Crippen LogP contribution in [0.1, 0.15) is 278 Å². The van der Waals surface area contributed by atoms with Crippen molar-refractivity contribution in [2.24, 2.45) is 5.73 Å². The topological polar surface area (TPSA) is 368 Å². The molecule has 7 amide bonds. The molecule has 22 rings (SSSR count). The molecular weight excluding hydrogens is 1920 g/mol. The van der Waals surface area contributed by atoms with Crippen molar-refractivity contribution in [2.45, 2.75) is 247 Å². The molecule has 7 N–H and O–H groups in total. The summed E-state index contributed by atoms with van der Waals surface area (Å²) in [5.41, 5.74) is -1.15. The SMILES string of the molecule is CCOC(=O)c1cn2c(c(OCc3ccccc3)c1=O)C(=O)N1C3CCC1(CC3)C2.C[C@@H](N)c1c(F)cc(F)cc1F.C[C@@H](NC(=O)c1cn2c(c(O)c1=O)C(=O)N1C3CCC1(CC3)C2)c1c(F)cc(F)cc1F.C[C@@H](NC(=O)c1cn2c(c(O)c1=O)C(=O)N1C3CCC1(CC3)C2)c1c(F)cc(F)cc1F.C[C@@H](NC(=O)c1cn2c(c(OCc3ccccc3)c1=O)C(=O)N1C3CCC1(CC3)C2)c1c(F)cc(F)cc1F. The highest BCUT2D eigenvalue weighted by atomic mass is 19.2. The van der Waals surface area contributed by atoms with Gasteiger partial charge in [0.2, 0.25) is 21.7 Å². The fourth-order valence-corrected chi connectivity index (χ4v) is 23.8. The molecule has 4 atom stereocenters. The molecule has 6 aromatic carbocycles. The van der Waals surface area contributed by atoms with E-state index in [-0.39, 0.29) is 118 Å². The molecule has 145 heavy (non-hydrogen) atoms. The van der Waals surface area contributed by atoms with E-state index in [1.807, 2.05) is 70.5 Å². The van der Waals surface area contributed by atoms with Crippen LogP contribution in [0.25, 0.3) is 0 Å². The van der Waals surface area contributed by atoms with Crippen LogP contribution in [0.3, 0.4) is 0 Å². The summed E-state index contributed by atoms with van der Waals surface area (Å²) in [4.78, 5) is 164. The van der Waals surface area contributed by atoms with E-state index in [0.717, 1.165) is 114 Å². The maximum atomic E-state index is 14.3. The van der Waals surface area contributed by atoms with Gasteiger partial charge in [0.05, 0.1) is 46.9 Å². The van der Waals surface area contributed by atoms with Crippen LogP contribution in [0.15, 0.2) is 153 Å². The van der Waals surface area contributed by atoms with Gasteiger partial charge in [-0.05, 0) is 148 Å². The molecule has 12 aliphatic heterocycles. The van der Waals surface area contributed by atoms with Crippen LogP contribution >= 0.6 is 0 Å². The lowest BCUT2D eigenvalue weighted by molar-refractivity contribution is 0.0468. The molecule has 29 nitrogen and oxygen atoms in total. The number of ether oxygens (including phenoxy) is 3. The zero-order valence-corrected chi connectivity index (χ0v) is 78.8. The zero-order valence-electron chi connectivity index (χ0n) is 78.8. The van der Waals surface area contributed by atoms with Crippen molar-refractivity contribution >= 4 is 47.3 Å². The number of nitrogens with one attached hydrogen (secondary N) is 3. The maximum absolute atomic E-state index is 14.3. The lowest BCUT2D eigenvalue weighted by atomic mass is 9.86. The molecular formula is C104H98F12N12O17. The van der Waals surface area contributed by atoms with Crippen molar-refractivity contribution in [1.82, 2.24) is 53.8 Å². The van der Waals surface area contributed by atoms with Gasteiger partial charge in [0, 0.05) is 152 Å². The first-order chi connectivity index (χ1) is 69.0. The fraction of sp³-hybridized carbons (Fsp3) is 0.385. The van der Waals surface area contributed by atoms with Crippen molar-refractivity contribution in [3.8, 4) is 23.0 Å². The van der Waals surface area contributed by atoms with Crippen LogP contribution < -0.4 is 52.9 Å². The molecule has 0 spiro atoms. The van der Waals surface area contributed by atoms with Crippen LogP contribution in [0.4, 0.5) is 52.7 Å². The Morgan fingerprint density at radius 3 is 0.876 bits per heavy atom. The molecule has 41 heteroatoms. The van der Waals surface area contributed by atoms with E-state index in [1.165, 1.54) is 61.6 Å². The molecule has 16 heterocycles. The van der Waals surface area contributed by atoms with E-state index < -0.39 is 202 Å². The summed E-state index contributed by atoms with van der Waals surface area (Å²) in [5.74, 6) is -19.9. The summed E-state index contributed by atoms with van der Waals surface area (Å²) in [5, 5.41) is 28.1. The number of rotatable bonds is 18. The number of nitrogens with two attached hydrogens (primary N) is 1. The van der Waals surface area contributed by atoms with E-state index in [1.54, 1.807) is 25.9 Å². The van der Waals surface area contributed by atoms with Gasteiger partial charge < -0.3 is 84.0 Å². The number of carbonyl (C=O) groups excluding carboxylic acids is 8. The van der Waals surface area contributed by atoms with Crippen molar-refractivity contribution in [2.75, 3.05) is 6.61 Å². The highest BCUT2D eigenvalue weighted by molar-refractivity contribution is 6.03. The number of carbonyl (C=O) groups is 8. The third kappa shape index (κ3) is 17.9. The second-order valence-corrected chi connectivity index (χ2v) is 39.0. The number of aromatic hydroxyl groups is 2. The van der Waals surface area contributed by atoms with Crippen LogP contribution in [-0.2, 0) is 44.1 Å². The summed E-state index contributed by atoms with van der Waals surface area (Å²) in [7, 11) is 0. The summed E-state index contributed by atoms with van der Waals surface area (Å²) in [6, 6.07) is 18.9. The van der Waals surface area contributed by atoms with Gasteiger partial charge in [-0.1, -0.05) is 60.7 Å². The van der Waals surface area contributed by atoms with E-state index in [4.69, 9.17) is 19.9 Å². The van der Waals surface area contributed by atoms with Crippen molar-refractivity contribution in [3.63, 3.8) is 0 Å². The van der Waals surface area contributed by atoms with Crippen molar-refractivity contribution < 1.29 is 115 Å². The van der Waals surface area contributed by atoms with E-state index >= 15 is 0 Å². The highest BCUT2D eigenvalue weighted by Crippen LogP contribution is 2.55. The number of nitrogens with zero attached hydrogens (tertiary/aromatic N) is 8. The zero-order chi connectivity index (χ0) is 104. The monoisotopic (exact) mass is 2010 g/mol. The Balaban J connectivity index is 0.000000123. The average molecular weight is 2020 g/mol. The third-order valence-electron chi connectivity index (χ3n) is 30.2. The third-order valence-corrected chi connectivity index (χ3v) is 30.2. The quantitative estimate of drug-likeness (QED) is 0.0343. The van der Waals surface area contributed by atoms with Gasteiger partial charge in [0.1, 0.15) is 105 Å². The molecule has 0 radical (unpaired) electrons. The van der Waals surface area contributed by atoms with Crippen molar-refractivity contribution in [1.29, 1.82) is 0 Å².